The number of nitrogens with zero attached hydrogens (tertiary/aromatic N) is 2. The number of amides is 3. The van der Waals surface area contributed by atoms with Crippen LogP contribution < -0.4 is 10.1 Å². The molecule has 3 aliphatic rings. The third-order valence-electron chi connectivity index (χ3n) is 5.84. The molecule has 0 spiro atoms. The molecule has 34 heavy (non-hydrogen) atoms. The Balaban J connectivity index is 1.31. The van der Waals surface area contributed by atoms with Crippen molar-refractivity contribution in [1.29, 1.82) is 0 Å². The highest BCUT2D eigenvalue weighted by molar-refractivity contribution is 6.05. The number of piperidine rings is 1. The first-order valence-electron chi connectivity index (χ1n) is 14.6. The van der Waals surface area contributed by atoms with Gasteiger partial charge in [-0.05, 0) is 30.2 Å². The van der Waals surface area contributed by atoms with Crippen molar-refractivity contribution in [1.82, 2.24) is 15.1 Å². The molecule has 1 N–H and O–H groups in total. The zero-order valence-corrected chi connectivity index (χ0v) is 17.9. The van der Waals surface area contributed by atoms with Gasteiger partial charge in [0.2, 0.25) is 11.8 Å². The summed E-state index contributed by atoms with van der Waals surface area (Å²) in [5.41, 5.74) is 0.941. The van der Waals surface area contributed by atoms with Crippen molar-refractivity contribution < 1.29 is 39.2 Å². The van der Waals surface area contributed by atoms with E-state index in [1.807, 2.05) is 0 Å². The molecular weight excluding hydrogens is 441 g/mol. The van der Waals surface area contributed by atoms with E-state index < -0.39 is 62.2 Å². The summed E-state index contributed by atoms with van der Waals surface area (Å²) in [5, 5.41) is 2.24. The van der Waals surface area contributed by atoms with Gasteiger partial charge in [0.15, 0.2) is 0 Å². The van der Waals surface area contributed by atoms with E-state index in [4.69, 9.17) is 15.7 Å². The fourth-order valence-electron chi connectivity index (χ4n) is 4.13. The Hall–Kier alpha value is -3.30. The van der Waals surface area contributed by atoms with Crippen LogP contribution in [0.25, 0.3) is 0 Å². The molecule has 2 aromatic rings. The second-order valence-electron chi connectivity index (χ2n) is 8.01. The number of nitrogens with one attached hydrogen (secondary N) is 1. The summed E-state index contributed by atoms with van der Waals surface area (Å²) in [6, 6.07) is 7.63. The van der Waals surface area contributed by atoms with Crippen molar-refractivity contribution in [2.24, 2.45) is 0 Å². The minimum absolute atomic E-state index is 0.0450. The predicted octanol–water partition coefficient (Wildman–Crippen LogP) is 2.00. The molecule has 3 amide bonds. The average Bonchev–Trinajstić information content (AvgIpc) is 3.22. The number of hydrogen-bond donors (Lipinski definition) is 1. The number of hydrogen-bond acceptors (Lipinski definition) is 6. The minimum atomic E-state index is -3.21. The number of benzene rings is 2. The van der Waals surface area contributed by atoms with Crippen molar-refractivity contribution >= 4 is 17.7 Å². The van der Waals surface area contributed by atoms with Crippen molar-refractivity contribution in [3.8, 4) is 5.75 Å². The van der Waals surface area contributed by atoms with Crippen molar-refractivity contribution in [3.05, 3.63) is 64.5 Å². The standard InChI is InChI=1S/C25H26FN3O5/c26-20-12-16(13-28-8-10-33-11-9-28)4-5-17(20)15-34-22-3-1-2-18-19(22)14-29(25(18)32)21-6-7-23(30)27-24(21)31/h1-5,12,21H,6-11,13-15H2,(H,27,30,31)/i8D2,9D2,10D2,11D2. The zero-order chi connectivity index (χ0) is 30.8. The summed E-state index contributed by atoms with van der Waals surface area (Å²) in [5.74, 6) is -1.85. The molecular formula is C25H26FN3O5. The largest absolute Gasteiger partial charge is 0.488 e. The SMILES string of the molecule is [2H]C1([2H])OC([2H])([2H])C([2H])([2H])N(Cc2ccc(COc3cccc4c3CN(C3CCC(=O)NC3=O)C4=O)c(F)c2)C1([2H])[2H]. The molecule has 0 aromatic heterocycles. The molecule has 1 atom stereocenters. The summed E-state index contributed by atoms with van der Waals surface area (Å²) in [6.45, 7) is -13.5. The highest BCUT2D eigenvalue weighted by Crippen LogP contribution is 2.34. The first-order valence-corrected chi connectivity index (χ1v) is 10.6. The normalized spacial score (nSPS) is 30.3. The highest BCUT2D eigenvalue weighted by Gasteiger charge is 2.40. The molecule has 3 heterocycles. The van der Waals surface area contributed by atoms with Gasteiger partial charge in [-0.25, -0.2) is 4.39 Å². The molecule has 3 aliphatic heterocycles. The molecule has 8 nitrogen and oxygen atoms in total. The van der Waals surface area contributed by atoms with E-state index in [1.54, 1.807) is 18.2 Å². The van der Waals surface area contributed by atoms with Gasteiger partial charge in [0, 0.05) is 48.1 Å². The van der Waals surface area contributed by atoms with Gasteiger partial charge in [0.25, 0.3) is 5.91 Å². The lowest BCUT2D eigenvalue weighted by Crippen LogP contribution is -2.52. The van der Waals surface area contributed by atoms with Crippen LogP contribution in [0.15, 0.2) is 36.4 Å². The maximum absolute atomic E-state index is 15.1. The lowest BCUT2D eigenvalue weighted by molar-refractivity contribution is -0.136. The Bertz CT molecular complexity index is 1450. The molecule has 2 aromatic carbocycles. The number of ether oxygens (including phenoxy) is 2. The van der Waals surface area contributed by atoms with E-state index in [9.17, 15) is 14.4 Å². The van der Waals surface area contributed by atoms with Gasteiger partial charge in [-0.3, -0.25) is 24.6 Å². The smallest absolute Gasteiger partial charge is 0.255 e. The van der Waals surface area contributed by atoms with Crippen molar-refractivity contribution in [2.75, 3.05) is 26.1 Å². The van der Waals surface area contributed by atoms with Gasteiger partial charge < -0.3 is 14.4 Å². The minimum Gasteiger partial charge on any atom is -0.488 e. The number of rotatable bonds is 6. The summed E-state index contributed by atoms with van der Waals surface area (Å²) >= 11 is 0. The van der Waals surface area contributed by atoms with E-state index in [2.05, 4.69) is 10.1 Å². The van der Waals surface area contributed by atoms with E-state index in [-0.39, 0.29) is 37.1 Å². The summed E-state index contributed by atoms with van der Waals surface area (Å²) in [6.07, 6.45) is 0.302. The number of morpholine rings is 1. The number of imide groups is 1. The first-order chi connectivity index (χ1) is 19.5. The van der Waals surface area contributed by atoms with Crippen molar-refractivity contribution in [2.45, 2.75) is 38.6 Å². The van der Waals surface area contributed by atoms with Gasteiger partial charge in [-0.15, -0.1) is 0 Å². The number of halogens is 1. The molecule has 0 bridgehead atoms. The number of carbonyl (C=O) groups is 3. The molecule has 0 aliphatic carbocycles. The van der Waals surface area contributed by atoms with Crippen molar-refractivity contribution in [3.63, 3.8) is 0 Å². The van der Waals surface area contributed by atoms with Crippen LogP contribution in [0.5, 0.6) is 5.75 Å². The Morgan fingerprint density at radius 2 is 2.00 bits per heavy atom. The Morgan fingerprint density at radius 1 is 1.18 bits per heavy atom. The molecule has 2 saturated heterocycles. The second-order valence-corrected chi connectivity index (χ2v) is 8.01. The topological polar surface area (TPSA) is 88.2 Å². The summed E-state index contributed by atoms with van der Waals surface area (Å²) < 4.78 is 89.1. The van der Waals surface area contributed by atoms with Gasteiger partial charge in [-0.2, -0.15) is 0 Å². The average molecular weight is 476 g/mol. The Labute approximate surface area is 207 Å². The lowest BCUT2D eigenvalue weighted by atomic mass is 10.0. The van der Waals surface area contributed by atoms with Crippen LogP contribution in [0.4, 0.5) is 4.39 Å². The molecule has 5 rings (SSSR count). The van der Waals surface area contributed by atoms with Crippen LogP contribution >= 0.6 is 0 Å². The second kappa shape index (κ2) is 9.52. The van der Waals surface area contributed by atoms with Gasteiger partial charge in [0.1, 0.15) is 24.2 Å². The quantitative estimate of drug-likeness (QED) is 0.643. The predicted molar refractivity (Wildman–Crippen MR) is 119 cm³/mol. The first kappa shape index (κ1) is 14.9. The summed E-state index contributed by atoms with van der Waals surface area (Å²) in [4.78, 5) is 38.5. The van der Waals surface area contributed by atoms with Crippen LogP contribution in [0.2, 0.25) is 0 Å². The van der Waals surface area contributed by atoms with Crippen LogP contribution in [0.1, 0.15) is 50.9 Å². The molecule has 2 fully saturated rings. The third kappa shape index (κ3) is 4.53. The van der Waals surface area contributed by atoms with Crippen LogP contribution in [-0.2, 0) is 34.0 Å². The molecule has 0 radical (unpaired) electrons. The Kier molecular flexibility index (Phi) is 4.16. The van der Waals surface area contributed by atoms with Gasteiger partial charge in [-0.1, -0.05) is 18.2 Å². The van der Waals surface area contributed by atoms with E-state index in [1.165, 1.54) is 17.0 Å². The van der Waals surface area contributed by atoms with E-state index in [0.717, 1.165) is 6.07 Å². The summed E-state index contributed by atoms with van der Waals surface area (Å²) in [7, 11) is 0. The number of fused-ring (bicyclic) bond motifs is 1. The molecule has 178 valence electrons. The zero-order valence-electron chi connectivity index (χ0n) is 25.9. The van der Waals surface area contributed by atoms with Crippen LogP contribution in [0, 0.1) is 5.82 Å². The Morgan fingerprint density at radius 3 is 2.76 bits per heavy atom. The van der Waals surface area contributed by atoms with E-state index in [0.29, 0.717) is 21.8 Å². The van der Waals surface area contributed by atoms with Gasteiger partial charge >= 0.3 is 0 Å². The highest BCUT2D eigenvalue weighted by atomic mass is 19.1. The fourth-order valence-corrected chi connectivity index (χ4v) is 4.13. The van der Waals surface area contributed by atoms with Gasteiger partial charge in [0.05, 0.1) is 25.1 Å². The maximum Gasteiger partial charge on any atom is 0.255 e. The maximum atomic E-state index is 15.1. The molecule has 0 saturated carbocycles. The van der Waals surface area contributed by atoms with Crippen LogP contribution in [-0.4, -0.2) is 59.7 Å². The molecule has 1 unspecified atom stereocenters. The van der Waals surface area contributed by atoms with Crippen LogP contribution in [0.3, 0.4) is 0 Å². The van der Waals surface area contributed by atoms with E-state index >= 15 is 4.39 Å². The molecule has 9 heteroatoms. The fraction of sp³-hybridized carbons (Fsp3) is 0.400. The number of carbonyl (C=O) groups excluding carboxylic acids is 3. The monoisotopic (exact) mass is 475 g/mol. The third-order valence-corrected chi connectivity index (χ3v) is 5.84. The lowest BCUT2D eigenvalue weighted by Gasteiger charge is -2.29.